The average molecular weight is 436 g/mol. The number of nitrogens with zero attached hydrogens (tertiary/aromatic N) is 3. The molecule has 3 heterocycles. The first-order valence-corrected chi connectivity index (χ1v) is 12.6. The topological polar surface area (TPSA) is 70.2 Å². The van der Waals surface area contributed by atoms with Gasteiger partial charge in [0, 0.05) is 45.8 Å². The van der Waals surface area contributed by atoms with Gasteiger partial charge in [0.1, 0.15) is 10.5 Å². The molecular weight excluding hydrogens is 402 g/mol. The summed E-state index contributed by atoms with van der Waals surface area (Å²) >= 11 is 0. The molecule has 1 unspecified atom stereocenters. The number of amides is 1. The Kier molecular flexibility index (Phi) is 6.10. The maximum Gasteiger partial charge on any atom is 0.227 e. The van der Waals surface area contributed by atoms with Crippen molar-refractivity contribution in [1.29, 1.82) is 0 Å². The Bertz CT molecular complexity index is 857. The summed E-state index contributed by atoms with van der Waals surface area (Å²) in [5.41, 5.74) is 0.924. The van der Waals surface area contributed by atoms with Crippen molar-refractivity contribution < 1.29 is 17.9 Å². The van der Waals surface area contributed by atoms with Gasteiger partial charge in [-0.1, -0.05) is 12.1 Å². The Balaban J connectivity index is 1.37. The number of hydrogen-bond donors (Lipinski definition) is 0. The van der Waals surface area contributed by atoms with Crippen LogP contribution in [0.5, 0.6) is 5.75 Å². The van der Waals surface area contributed by atoms with E-state index in [1.807, 2.05) is 31.2 Å². The molecule has 3 aliphatic rings. The molecule has 0 N–H and O–H groups in total. The molecule has 1 atom stereocenters. The SMILES string of the molecule is CCOc1ccc(CC(=O)N2CC3(C2)C(CN2CCN(C)CC2)CCS3(=O)=O)cc1. The first kappa shape index (κ1) is 21.6. The Labute approximate surface area is 179 Å². The quantitative estimate of drug-likeness (QED) is 0.661. The number of ether oxygens (including phenoxy) is 1. The van der Waals surface area contributed by atoms with Crippen LogP contribution in [0.15, 0.2) is 24.3 Å². The fraction of sp³-hybridized carbons (Fsp3) is 0.682. The van der Waals surface area contributed by atoms with Crippen molar-refractivity contribution in [2.75, 3.05) is 65.2 Å². The Morgan fingerprint density at radius 3 is 2.43 bits per heavy atom. The van der Waals surface area contributed by atoms with Crippen molar-refractivity contribution in [1.82, 2.24) is 14.7 Å². The third-order valence-electron chi connectivity index (χ3n) is 7.03. The van der Waals surface area contributed by atoms with Crippen LogP contribution in [0.1, 0.15) is 18.9 Å². The Hall–Kier alpha value is -1.64. The van der Waals surface area contributed by atoms with Crippen LogP contribution in [0.25, 0.3) is 0 Å². The number of rotatable bonds is 6. The first-order valence-electron chi connectivity index (χ1n) is 11.0. The highest BCUT2D eigenvalue weighted by Crippen LogP contribution is 2.45. The first-order chi connectivity index (χ1) is 14.3. The summed E-state index contributed by atoms with van der Waals surface area (Å²) < 4.78 is 30.5. The van der Waals surface area contributed by atoms with Gasteiger partial charge in [0.15, 0.2) is 9.84 Å². The lowest BCUT2D eigenvalue weighted by molar-refractivity contribution is -0.136. The van der Waals surface area contributed by atoms with Gasteiger partial charge < -0.3 is 19.4 Å². The van der Waals surface area contributed by atoms with E-state index in [0.29, 0.717) is 26.1 Å². The number of carbonyl (C=O) groups excluding carboxylic acids is 1. The fourth-order valence-corrected chi connectivity index (χ4v) is 7.41. The second-order valence-corrected chi connectivity index (χ2v) is 11.4. The fourth-order valence-electron chi connectivity index (χ4n) is 5.01. The molecule has 3 aliphatic heterocycles. The maximum absolute atomic E-state index is 12.9. The molecule has 0 aliphatic carbocycles. The van der Waals surface area contributed by atoms with Crippen LogP contribution >= 0.6 is 0 Å². The summed E-state index contributed by atoms with van der Waals surface area (Å²) in [6.45, 7) is 8.11. The third-order valence-corrected chi connectivity index (χ3v) is 9.64. The monoisotopic (exact) mass is 435 g/mol. The molecule has 1 aromatic rings. The van der Waals surface area contributed by atoms with Gasteiger partial charge in [0.05, 0.1) is 18.8 Å². The van der Waals surface area contributed by atoms with Gasteiger partial charge in [0.2, 0.25) is 5.91 Å². The standard InChI is InChI=1S/C22H33N3O4S/c1-3-29-20-6-4-18(5-7-20)14-21(26)25-16-22(17-25)19(8-13-30(22,27)28)15-24-11-9-23(2)10-12-24/h4-7,19H,3,8-17H2,1-2H3. The van der Waals surface area contributed by atoms with Gasteiger partial charge in [0.25, 0.3) is 0 Å². The number of carbonyl (C=O) groups is 1. The summed E-state index contributed by atoms with van der Waals surface area (Å²) in [4.78, 5) is 19.2. The van der Waals surface area contributed by atoms with E-state index in [4.69, 9.17) is 4.74 Å². The Morgan fingerprint density at radius 2 is 1.80 bits per heavy atom. The molecule has 1 aromatic carbocycles. The summed E-state index contributed by atoms with van der Waals surface area (Å²) in [5.74, 6) is 1.18. The summed E-state index contributed by atoms with van der Waals surface area (Å²) in [5, 5.41) is 0. The molecule has 3 saturated heterocycles. The number of likely N-dealkylation sites (tertiary alicyclic amines) is 1. The molecule has 7 nitrogen and oxygen atoms in total. The average Bonchev–Trinajstić information content (AvgIpc) is 2.94. The van der Waals surface area contributed by atoms with Crippen LogP contribution in [0.3, 0.4) is 0 Å². The molecule has 4 rings (SSSR count). The minimum atomic E-state index is -3.16. The van der Waals surface area contributed by atoms with Crippen LogP contribution in [0.2, 0.25) is 0 Å². The Morgan fingerprint density at radius 1 is 1.13 bits per heavy atom. The van der Waals surface area contributed by atoms with Crippen molar-refractivity contribution >= 4 is 15.7 Å². The van der Waals surface area contributed by atoms with Crippen LogP contribution < -0.4 is 4.74 Å². The summed E-state index contributed by atoms with van der Waals surface area (Å²) in [6, 6.07) is 7.55. The van der Waals surface area contributed by atoms with Crippen LogP contribution in [-0.2, 0) is 21.1 Å². The predicted molar refractivity (Wildman–Crippen MR) is 116 cm³/mol. The van der Waals surface area contributed by atoms with Gasteiger partial charge in [-0.3, -0.25) is 4.79 Å². The van der Waals surface area contributed by atoms with E-state index in [1.54, 1.807) is 4.90 Å². The molecule has 3 fully saturated rings. The van der Waals surface area contributed by atoms with E-state index in [0.717, 1.165) is 50.5 Å². The van der Waals surface area contributed by atoms with Crippen molar-refractivity contribution in [2.24, 2.45) is 5.92 Å². The minimum absolute atomic E-state index is 0.00484. The predicted octanol–water partition coefficient (Wildman–Crippen LogP) is 0.891. The number of hydrogen-bond acceptors (Lipinski definition) is 6. The van der Waals surface area contributed by atoms with E-state index in [9.17, 15) is 13.2 Å². The van der Waals surface area contributed by atoms with Crippen LogP contribution in [0, 0.1) is 5.92 Å². The normalized spacial score (nSPS) is 25.9. The molecule has 0 radical (unpaired) electrons. The van der Waals surface area contributed by atoms with Crippen molar-refractivity contribution in [3.63, 3.8) is 0 Å². The lowest BCUT2D eigenvalue weighted by Crippen LogP contribution is -2.69. The van der Waals surface area contributed by atoms with Crippen molar-refractivity contribution in [3.8, 4) is 5.75 Å². The zero-order valence-electron chi connectivity index (χ0n) is 18.0. The molecule has 8 heteroatoms. The van der Waals surface area contributed by atoms with Gasteiger partial charge in [-0.2, -0.15) is 0 Å². The summed E-state index contributed by atoms with van der Waals surface area (Å²) in [6.07, 6.45) is 1.02. The highest BCUT2D eigenvalue weighted by atomic mass is 32.2. The molecular formula is C22H33N3O4S. The highest BCUT2D eigenvalue weighted by molar-refractivity contribution is 7.93. The van der Waals surface area contributed by atoms with Gasteiger partial charge in [-0.15, -0.1) is 0 Å². The summed E-state index contributed by atoms with van der Waals surface area (Å²) in [7, 11) is -1.04. The molecule has 0 bridgehead atoms. The van der Waals surface area contributed by atoms with E-state index in [2.05, 4.69) is 16.8 Å². The minimum Gasteiger partial charge on any atom is -0.494 e. The second kappa shape index (κ2) is 8.48. The van der Waals surface area contributed by atoms with Gasteiger partial charge in [-0.25, -0.2) is 8.42 Å². The molecule has 0 saturated carbocycles. The number of sulfone groups is 1. The third kappa shape index (κ3) is 4.09. The number of likely N-dealkylation sites (N-methyl/N-ethyl adjacent to an activating group) is 1. The van der Waals surface area contributed by atoms with E-state index < -0.39 is 14.6 Å². The molecule has 166 valence electrons. The molecule has 30 heavy (non-hydrogen) atoms. The van der Waals surface area contributed by atoms with E-state index >= 15 is 0 Å². The highest BCUT2D eigenvalue weighted by Gasteiger charge is 2.62. The second-order valence-electron chi connectivity index (χ2n) is 8.98. The van der Waals surface area contributed by atoms with E-state index in [1.165, 1.54) is 0 Å². The maximum atomic E-state index is 12.9. The van der Waals surface area contributed by atoms with E-state index in [-0.39, 0.29) is 17.6 Å². The van der Waals surface area contributed by atoms with Crippen molar-refractivity contribution in [2.45, 2.75) is 24.5 Å². The van der Waals surface area contributed by atoms with Crippen molar-refractivity contribution in [3.05, 3.63) is 29.8 Å². The lowest BCUT2D eigenvalue weighted by Gasteiger charge is -2.51. The number of benzene rings is 1. The molecule has 0 aromatic heterocycles. The zero-order valence-corrected chi connectivity index (χ0v) is 18.9. The largest absolute Gasteiger partial charge is 0.494 e. The smallest absolute Gasteiger partial charge is 0.227 e. The molecule has 1 spiro atoms. The molecule has 1 amide bonds. The van der Waals surface area contributed by atoms with Crippen LogP contribution in [0.4, 0.5) is 0 Å². The number of piperazine rings is 1. The van der Waals surface area contributed by atoms with Gasteiger partial charge >= 0.3 is 0 Å². The lowest BCUT2D eigenvalue weighted by atomic mass is 9.82. The van der Waals surface area contributed by atoms with Crippen LogP contribution in [-0.4, -0.2) is 99.0 Å². The van der Waals surface area contributed by atoms with Gasteiger partial charge in [-0.05, 0) is 44.0 Å². The zero-order chi connectivity index (χ0) is 21.4.